The first-order chi connectivity index (χ1) is 7.31. The fraction of sp³-hybridized carbons (Fsp3) is 0.800. The smallest absolute Gasteiger partial charge is 0.435 e. The van der Waals surface area contributed by atoms with Crippen LogP contribution >= 0.6 is 0 Å². The number of carbonyl (C=O) groups is 2. The Balaban J connectivity index is 2.68. The van der Waals surface area contributed by atoms with E-state index in [9.17, 15) is 9.59 Å². The number of ether oxygens (including phenoxy) is 1. The summed E-state index contributed by atoms with van der Waals surface area (Å²) in [6, 6.07) is -0.955. The summed E-state index contributed by atoms with van der Waals surface area (Å²) in [5.41, 5.74) is -0.666. The van der Waals surface area contributed by atoms with Crippen molar-refractivity contribution in [1.29, 1.82) is 0 Å². The van der Waals surface area contributed by atoms with Gasteiger partial charge in [0.25, 0.3) is 0 Å². The minimum atomic E-state index is -1.08. The van der Waals surface area contributed by atoms with Gasteiger partial charge in [0.15, 0.2) is 6.04 Å². The van der Waals surface area contributed by atoms with E-state index in [2.05, 4.69) is 0 Å². The van der Waals surface area contributed by atoms with Crippen molar-refractivity contribution in [3.63, 3.8) is 0 Å². The number of hydroxylamine groups is 2. The van der Waals surface area contributed by atoms with Crippen LogP contribution in [0.3, 0.4) is 0 Å². The molecule has 0 saturated carbocycles. The van der Waals surface area contributed by atoms with Crippen LogP contribution in [0.15, 0.2) is 0 Å². The molecule has 1 heterocycles. The Bertz CT molecular complexity index is 283. The van der Waals surface area contributed by atoms with Crippen LogP contribution in [-0.2, 0) is 14.4 Å². The third kappa shape index (κ3) is 3.37. The highest BCUT2D eigenvalue weighted by Gasteiger charge is 2.36. The monoisotopic (exact) mass is 231 g/mol. The van der Waals surface area contributed by atoms with Gasteiger partial charge >= 0.3 is 12.1 Å². The van der Waals surface area contributed by atoms with Gasteiger partial charge in [0.05, 0.1) is 6.61 Å². The SMILES string of the molecule is CC(C)(C)OC(=O)N1OCCCC1C(=O)O. The number of hydrogen-bond acceptors (Lipinski definition) is 4. The molecule has 1 saturated heterocycles. The first-order valence-corrected chi connectivity index (χ1v) is 5.19. The quantitative estimate of drug-likeness (QED) is 0.738. The number of carboxylic acids is 1. The molecule has 1 fully saturated rings. The van der Waals surface area contributed by atoms with Crippen LogP contribution in [-0.4, -0.2) is 40.5 Å². The standard InChI is InChI=1S/C10H17NO5/c1-10(2,3)16-9(14)11-7(8(12)13)5-4-6-15-11/h7H,4-6H2,1-3H3,(H,12,13). The molecule has 0 radical (unpaired) electrons. The molecular formula is C10H17NO5. The van der Waals surface area contributed by atoms with Crippen LogP contribution in [0.2, 0.25) is 0 Å². The van der Waals surface area contributed by atoms with E-state index in [1.807, 2.05) is 0 Å². The maximum atomic E-state index is 11.6. The number of carboxylic acid groups (broad SMARTS) is 1. The predicted molar refractivity (Wildman–Crippen MR) is 54.7 cm³/mol. The summed E-state index contributed by atoms with van der Waals surface area (Å²) < 4.78 is 5.06. The van der Waals surface area contributed by atoms with Gasteiger partial charge in [0.1, 0.15) is 5.60 Å². The van der Waals surface area contributed by atoms with E-state index in [4.69, 9.17) is 14.7 Å². The Kier molecular flexibility index (Phi) is 3.74. The van der Waals surface area contributed by atoms with Crippen molar-refractivity contribution in [2.45, 2.75) is 45.3 Å². The average Bonchev–Trinajstić information content (AvgIpc) is 2.15. The normalized spacial score (nSPS) is 21.7. The zero-order chi connectivity index (χ0) is 12.3. The molecule has 1 amide bonds. The van der Waals surface area contributed by atoms with Crippen molar-refractivity contribution in [3.8, 4) is 0 Å². The van der Waals surface area contributed by atoms with E-state index in [0.29, 0.717) is 19.4 Å². The molecule has 1 unspecified atom stereocenters. The number of amides is 1. The molecule has 16 heavy (non-hydrogen) atoms. The maximum Gasteiger partial charge on any atom is 0.435 e. The molecule has 0 spiro atoms. The van der Waals surface area contributed by atoms with E-state index < -0.39 is 23.7 Å². The lowest BCUT2D eigenvalue weighted by atomic mass is 10.1. The lowest BCUT2D eigenvalue weighted by Crippen LogP contribution is -2.49. The van der Waals surface area contributed by atoms with E-state index in [1.165, 1.54) is 0 Å². The third-order valence-corrected chi connectivity index (χ3v) is 1.99. The van der Waals surface area contributed by atoms with Crippen molar-refractivity contribution in [2.24, 2.45) is 0 Å². The molecule has 1 aliphatic rings. The highest BCUT2D eigenvalue weighted by atomic mass is 16.7. The largest absolute Gasteiger partial charge is 0.480 e. The highest BCUT2D eigenvalue weighted by molar-refractivity contribution is 5.79. The van der Waals surface area contributed by atoms with Gasteiger partial charge in [-0.3, -0.25) is 4.84 Å². The fourth-order valence-corrected chi connectivity index (χ4v) is 1.36. The van der Waals surface area contributed by atoms with Gasteiger partial charge < -0.3 is 9.84 Å². The average molecular weight is 231 g/mol. The van der Waals surface area contributed by atoms with Gasteiger partial charge in [0.2, 0.25) is 0 Å². The Hall–Kier alpha value is -1.30. The molecule has 0 aromatic rings. The molecule has 0 aromatic carbocycles. The van der Waals surface area contributed by atoms with E-state index in [-0.39, 0.29) is 0 Å². The molecule has 1 rings (SSSR count). The topological polar surface area (TPSA) is 76.1 Å². The van der Waals surface area contributed by atoms with Crippen LogP contribution in [0.5, 0.6) is 0 Å². The molecule has 6 nitrogen and oxygen atoms in total. The van der Waals surface area contributed by atoms with Gasteiger partial charge in [0, 0.05) is 0 Å². The number of rotatable bonds is 1. The maximum absolute atomic E-state index is 11.6. The van der Waals surface area contributed by atoms with Crippen molar-refractivity contribution in [1.82, 2.24) is 5.06 Å². The first-order valence-electron chi connectivity index (χ1n) is 5.19. The highest BCUT2D eigenvalue weighted by Crippen LogP contribution is 2.19. The Morgan fingerprint density at radius 2 is 2.06 bits per heavy atom. The van der Waals surface area contributed by atoms with Crippen LogP contribution in [0.4, 0.5) is 4.79 Å². The summed E-state index contributed by atoms with van der Waals surface area (Å²) in [7, 11) is 0. The first kappa shape index (κ1) is 12.8. The lowest BCUT2D eigenvalue weighted by molar-refractivity contribution is -0.203. The number of aliphatic carboxylic acids is 1. The molecule has 92 valence electrons. The molecule has 1 aliphatic heterocycles. The zero-order valence-electron chi connectivity index (χ0n) is 9.73. The molecule has 0 aromatic heterocycles. The third-order valence-electron chi connectivity index (χ3n) is 1.99. The molecule has 1 N–H and O–H groups in total. The number of hydrogen-bond donors (Lipinski definition) is 1. The Morgan fingerprint density at radius 1 is 1.44 bits per heavy atom. The lowest BCUT2D eigenvalue weighted by Gasteiger charge is -2.33. The second kappa shape index (κ2) is 4.69. The van der Waals surface area contributed by atoms with Crippen molar-refractivity contribution < 1.29 is 24.3 Å². The van der Waals surface area contributed by atoms with Crippen LogP contribution in [0.1, 0.15) is 33.6 Å². The van der Waals surface area contributed by atoms with E-state index >= 15 is 0 Å². The van der Waals surface area contributed by atoms with Crippen molar-refractivity contribution >= 4 is 12.1 Å². The zero-order valence-corrected chi connectivity index (χ0v) is 9.73. The van der Waals surface area contributed by atoms with Gasteiger partial charge in [-0.1, -0.05) is 0 Å². The second-order valence-corrected chi connectivity index (χ2v) is 4.64. The second-order valence-electron chi connectivity index (χ2n) is 4.64. The van der Waals surface area contributed by atoms with Crippen LogP contribution in [0.25, 0.3) is 0 Å². The van der Waals surface area contributed by atoms with Crippen LogP contribution < -0.4 is 0 Å². The van der Waals surface area contributed by atoms with E-state index in [1.54, 1.807) is 20.8 Å². The van der Waals surface area contributed by atoms with Gasteiger partial charge in [-0.2, -0.15) is 5.06 Å². The molecule has 0 bridgehead atoms. The summed E-state index contributed by atoms with van der Waals surface area (Å²) in [5.74, 6) is -1.08. The summed E-state index contributed by atoms with van der Waals surface area (Å²) in [4.78, 5) is 27.6. The minimum Gasteiger partial charge on any atom is -0.480 e. The van der Waals surface area contributed by atoms with E-state index in [0.717, 1.165) is 5.06 Å². The summed E-state index contributed by atoms with van der Waals surface area (Å²) in [6.07, 6.45) is 0.254. The Morgan fingerprint density at radius 3 is 2.56 bits per heavy atom. The number of nitrogens with zero attached hydrogens (tertiary/aromatic N) is 1. The molecule has 6 heteroatoms. The summed E-state index contributed by atoms with van der Waals surface area (Å²) in [6.45, 7) is 5.48. The van der Waals surface area contributed by atoms with Crippen molar-refractivity contribution in [2.75, 3.05) is 6.61 Å². The summed E-state index contributed by atoms with van der Waals surface area (Å²) >= 11 is 0. The van der Waals surface area contributed by atoms with Gasteiger partial charge in [-0.15, -0.1) is 0 Å². The van der Waals surface area contributed by atoms with Crippen LogP contribution in [0, 0.1) is 0 Å². The predicted octanol–water partition coefficient (Wildman–Crippen LogP) is 1.40. The summed E-state index contributed by atoms with van der Waals surface area (Å²) in [5, 5.41) is 9.74. The number of carbonyl (C=O) groups excluding carboxylic acids is 1. The van der Waals surface area contributed by atoms with Gasteiger partial charge in [-0.05, 0) is 33.6 Å². The molecule has 0 aliphatic carbocycles. The minimum absolute atomic E-state index is 0.336. The molecular weight excluding hydrogens is 214 g/mol. The fourth-order valence-electron chi connectivity index (χ4n) is 1.36. The Labute approximate surface area is 94.1 Å². The van der Waals surface area contributed by atoms with Crippen molar-refractivity contribution in [3.05, 3.63) is 0 Å². The van der Waals surface area contributed by atoms with Gasteiger partial charge in [-0.25, -0.2) is 9.59 Å². The molecule has 1 atom stereocenters.